The highest BCUT2D eigenvalue weighted by atomic mass is 16.5. The quantitative estimate of drug-likeness (QED) is 0.587. The predicted octanol–water partition coefficient (Wildman–Crippen LogP) is 0.651. The summed E-state index contributed by atoms with van der Waals surface area (Å²) >= 11 is 0. The summed E-state index contributed by atoms with van der Waals surface area (Å²) in [6.45, 7) is 3.02. The van der Waals surface area contributed by atoms with Gasteiger partial charge in [0.05, 0.1) is 0 Å². The number of hydrogen-bond acceptors (Lipinski definition) is 2. The van der Waals surface area contributed by atoms with Gasteiger partial charge in [0.15, 0.2) is 0 Å². The Hall–Kier alpha value is -0.0800. The first-order valence-corrected chi connectivity index (χ1v) is 2.91. The molecule has 0 radical (unpaired) electrons. The summed E-state index contributed by atoms with van der Waals surface area (Å²) in [5.41, 5.74) is 0. The second-order valence-corrected chi connectivity index (χ2v) is 2.07. The highest BCUT2D eigenvalue weighted by Gasteiger charge is 1.96. The van der Waals surface area contributed by atoms with Gasteiger partial charge in [-0.2, -0.15) is 0 Å². The van der Waals surface area contributed by atoms with Crippen molar-refractivity contribution in [3.05, 3.63) is 0 Å². The molecule has 2 nitrogen and oxygen atoms in total. The van der Waals surface area contributed by atoms with Gasteiger partial charge in [0.2, 0.25) is 0 Å². The summed E-state index contributed by atoms with van der Waals surface area (Å²) in [6.07, 6.45) is 0.951. The Balaban J connectivity index is 2.86. The molecule has 1 atom stereocenters. The molecule has 8 heavy (non-hydrogen) atoms. The van der Waals surface area contributed by atoms with Gasteiger partial charge in [0, 0.05) is 20.3 Å². The number of rotatable bonds is 4. The highest BCUT2D eigenvalue weighted by molar-refractivity contribution is 4.46. The number of hydrogen-bond donors (Lipinski definition) is 1. The van der Waals surface area contributed by atoms with Crippen molar-refractivity contribution >= 4 is 0 Å². The van der Waals surface area contributed by atoms with Crippen LogP contribution in [0.25, 0.3) is 0 Å². The van der Waals surface area contributed by atoms with Gasteiger partial charge in [-0.25, -0.2) is 0 Å². The second kappa shape index (κ2) is 5.06. The molecular weight excluding hydrogens is 104 g/mol. The van der Waals surface area contributed by atoms with Gasteiger partial charge < -0.3 is 9.84 Å². The molecule has 0 aromatic carbocycles. The van der Waals surface area contributed by atoms with E-state index in [1.165, 1.54) is 0 Å². The van der Waals surface area contributed by atoms with Crippen molar-refractivity contribution in [1.29, 1.82) is 0 Å². The van der Waals surface area contributed by atoms with Gasteiger partial charge in [-0.1, -0.05) is 6.92 Å². The maximum atomic E-state index is 8.51. The van der Waals surface area contributed by atoms with Gasteiger partial charge in [-0.3, -0.25) is 0 Å². The average Bonchev–Trinajstić information content (AvgIpc) is 1.83. The molecule has 0 aromatic heterocycles. The standard InChI is InChI=1S/C6H14O2/c1-6(5-7)3-4-8-2/h6-7H,3-5H2,1-2H3/t6-/m0/s1. The third-order valence-electron chi connectivity index (χ3n) is 1.13. The van der Waals surface area contributed by atoms with Crippen molar-refractivity contribution in [3.8, 4) is 0 Å². The lowest BCUT2D eigenvalue weighted by Gasteiger charge is -2.04. The first-order chi connectivity index (χ1) is 3.81. The molecule has 0 aliphatic heterocycles. The molecule has 0 spiro atoms. The fourth-order valence-corrected chi connectivity index (χ4v) is 0.410. The molecule has 0 saturated heterocycles. The number of methoxy groups -OCH3 is 1. The third-order valence-corrected chi connectivity index (χ3v) is 1.13. The zero-order valence-corrected chi connectivity index (χ0v) is 5.55. The Morgan fingerprint density at radius 1 is 1.62 bits per heavy atom. The molecule has 2 heteroatoms. The molecule has 0 amide bonds. The molecule has 0 saturated carbocycles. The number of aliphatic hydroxyl groups is 1. The Bertz CT molecular complexity index is 45.8. The maximum Gasteiger partial charge on any atom is 0.0465 e. The SMILES string of the molecule is COCC[C@H](C)CO. The van der Waals surface area contributed by atoms with Crippen molar-refractivity contribution in [2.75, 3.05) is 20.3 Å². The van der Waals surface area contributed by atoms with E-state index in [1.54, 1.807) is 7.11 Å². The molecular formula is C6H14O2. The maximum absolute atomic E-state index is 8.51. The first kappa shape index (κ1) is 7.92. The summed E-state index contributed by atoms with van der Waals surface area (Å²) in [5.74, 6) is 0.384. The third kappa shape index (κ3) is 4.09. The summed E-state index contributed by atoms with van der Waals surface area (Å²) in [5, 5.41) is 8.51. The topological polar surface area (TPSA) is 29.5 Å². The van der Waals surface area contributed by atoms with Gasteiger partial charge in [0.25, 0.3) is 0 Å². The Morgan fingerprint density at radius 2 is 2.25 bits per heavy atom. The Morgan fingerprint density at radius 3 is 2.62 bits per heavy atom. The Kier molecular flexibility index (Phi) is 5.01. The van der Waals surface area contributed by atoms with Gasteiger partial charge >= 0.3 is 0 Å². The van der Waals surface area contributed by atoms with Gasteiger partial charge in [-0.15, -0.1) is 0 Å². The lowest BCUT2D eigenvalue weighted by atomic mass is 10.1. The monoisotopic (exact) mass is 118 g/mol. The van der Waals surface area contributed by atoms with Crippen LogP contribution in [-0.2, 0) is 4.74 Å². The predicted molar refractivity (Wildman–Crippen MR) is 32.7 cm³/mol. The van der Waals surface area contributed by atoms with Crippen molar-refractivity contribution in [3.63, 3.8) is 0 Å². The van der Waals surface area contributed by atoms with E-state index in [0.29, 0.717) is 5.92 Å². The van der Waals surface area contributed by atoms with E-state index in [0.717, 1.165) is 13.0 Å². The molecule has 0 heterocycles. The fourth-order valence-electron chi connectivity index (χ4n) is 0.410. The summed E-state index contributed by atoms with van der Waals surface area (Å²) in [4.78, 5) is 0. The van der Waals surface area contributed by atoms with E-state index in [4.69, 9.17) is 9.84 Å². The van der Waals surface area contributed by atoms with Crippen LogP contribution < -0.4 is 0 Å². The minimum absolute atomic E-state index is 0.267. The minimum Gasteiger partial charge on any atom is -0.396 e. The molecule has 1 N–H and O–H groups in total. The van der Waals surface area contributed by atoms with Crippen LogP contribution in [0.2, 0.25) is 0 Å². The zero-order chi connectivity index (χ0) is 6.41. The normalized spacial score (nSPS) is 13.9. The highest BCUT2D eigenvalue weighted by Crippen LogP contribution is 1.98. The zero-order valence-electron chi connectivity index (χ0n) is 5.55. The lowest BCUT2D eigenvalue weighted by molar-refractivity contribution is 0.154. The smallest absolute Gasteiger partial charge is 0.0465 e. The average molecular weight is 118 g/mol. The fraction of sp³-hybridized carbons (Fsp3) is 1.00. The van der Waals surface area contributed by atoms with E-state index < -0.39 is 0 Å². The number of ether oxygens (including phenoxy) is 1. The van der Waals surface area contributed by atoms with E-state index in [9.17, 15) is 0 Å². The van der Waals surface area contributed by atoms with Crippen molar-refractivity contribution < 1.29 is 9.84 Å². The lowest BCUT2D eigenvalue weighted by Crippen LogP contribution is -2.03. The largest absolute Gasteiger partial charge is 0.396 e. The molecule has 0 aliphatic rings. The van der Waals surface area contributed by atoms with E-state index in [2.05, 4.69) is 0 Å². The molecule has 0 fully saturated rings. The van der Waals surface area contributed by atoms with Crippen LogP contribution in [0.5, 0.6) is 0 Å². The molecule has 50 valence electrons. The van der Waals surface area contributed by atoms with Crippen molar-refractivity contribution in [2.45, 2.75) is 13.3 Å². The van der Waals surface area contributed by atoms with Crippen LogP contribution in [0.4, 0.5) is 0 Å². The van der Waals surface area contributed by atoms with Crippen LogP contribution >= 0.6 is 0 Å². The first-order valence-electron chi connectivity index (χ1n) is 2.91. The molecule has 0 aliphatic carbocycles. The van der Waals surface area contributed by atoms with E-state index in [-0.39, 0.29) is 6.61 Å². The van der Waals surface area contributed by atoms with Crippen LogP contribution in [0.3, 0.4) is 0 Å². The Labute approximate surface area is 50.5 Å². The summed E-state index contributed by atoms with van der Waals surface area (Å²) < 4.78 is 4.80. The van der Waals surface area contributed by atoms with Crippen LogP contribution in [0.1, 0.15) is 13.3 Å². The molecule has 0 unspecified atom stereocenters. The van der Waals surface area contributed by atoms with Crippen LogP contribution in [-0.4, -0.2) is 25.4 Å². The number of aliphatic hydroxyl groups excluding tert-OH is 1. The van der Waals surface area contributed by atoms with Gasteiger partial charge in [-0.05, 0) is 12.3 Å². The summed E-state index contributed by atoms with van der Waals surface area (Å²) in [7, 11) is 1.67. The molecule has 0 aromatic rings. The van der Waals surface area contributed by atoms with Crippen molar-refractivity contribution in [2.24, 2.45) is 5.92 Å². The second-order valence-electron chi connectivity index (χ2n) is 2.07. The minimum atomic E-state index is 0.267. The molecule has 0 bridgehead atoms. The van der Waals surface area contributed by atoms with E-state index in [1.807, 2.05) is 6.92 Å². The summed E-state index contributed by atoms with van der Waals surface area (Å²) in [6, 6.07) is 0. The van der Waals surface area contributed by atoms with Gasteiger partial charge in [0.1, 0.15) is 0 Å². The van der Waals surface area contributed by atoms with Crippen LogP contribution in [0.15, 0.2) is 0 Å². The van der Waals surface area contributed by atoms with Crippen molar-refractivity contribution in [1.82, 2.24) is 0 Å². The molecule has 0 rings (SSSR count). The van der Waals surface area contributed by atoms with Crippen LogP contribution in [0, 0.1) is 5.92 Å². The van der Waals surface area contributed by atoms with E-state index >= 15 is 0 Å².